The van der Waals surface area contributed by atoms with E-state index >= 15 is 0 Å². The number of likely N-dealkylation sites (tertiary alicyclic amines) is 1. The van der Waals surface area contributed by atoms with Crippen LogP contribution in [0.3, 0.4) is 0 Å². The summed E-state index contributed by atoms with van der Waals surface area (Å²) in [5.41, 5.74) is 0. The van der Waals surface area contributed by atoms with Gasteiger partial charge in [-0.1, -0.05) is 33.8 Å². The number of hydrogen-bond donors (Lipinski definition) is 0. The molecule has 1 saturated heterocycles. The molecule has 96 valence electrons. The summed E-state index contributed by atoms with van der Waals surface area (Å²) < 4.78 is 4.90. The molecule has 1 aliphatic heterocycles. The zero-order chi connectivity index (χ0) is 12.6. The highest BCUT2D eigenvalue weighted by atomic mass is 16.5. The smallest absolute Gasteiger partial charge is 0.414 e. The Morgan fingerprint density at radius 2 is 1.88 bits per heavy atom. The van der Waals surface area contributed by atoms with Crippen molar-refractivity contribution in [3.05, 3.63) is 12.8 Å². The molecule has 0 radical (unpaired) electrons. The van der Waals surface area contributed by atoms with E-state index in [-0.39, 0.29) is 6.09 Å². The maximum Gasteiger partial charge on any atom is 0.414 e. The van der Waals surface area contributed by atoms with Gasteiger partial charge in [0.1, 0.15) is 0 Å². The van der Waals surface area contributed by atoms with Crippen LogP contribution in [0, 0.1) is 29.6 Å². The Kier molecular flexibility index (Phi) is 3.45. The highest BCUT2D eigenvalue weighted by molar-refractivity contribution is 5.68. The van der Waals surface area contributed by atoms with Crippen molar-refractivity contribution >= 4 is 6.09 Å². The van der Waals surface area contributed by atoms with Gasteiger partial charge >= 0.3 is 6.09 Å². The molecule has 17 heavy (non-hydrogen) atoms. The van der Waals surface area contributed by atoms with Crippen molar-refractivity contribution in [2.45, 2.75) is 27.2 Å². The van der Waals surface area contributed by atoms with Gasteiger partial charge in [0, 0.05) is 13.1 Å². The number of carbonyl (C=O) groups excluding carboxylic acids is 1. The summed E-state index contributed by atoms with van der Waals surface area (Å²) in [5.74, 6) is 3.50. The van der Waals surface area contributed by atoms with E-state index in [0.717, 1.165) is 19.0 Å². The van der Waals surface area contributed by atoms with Gasteiger partial charge in [0.25, 0.3) is 0 Å². The predicted octanol–water partition coefficient (Wildman–Crippen LogP) is 3.13. The van der Waals surface area contributed by atoms with Crippen LogP contribution in [-0.2, 0) is 4.74 Å². The lowest BCUT2D eigenvalue weighted by Crippen LogP contribution is -2.45. The molecular weight excluding hydrogens is 214 g/mol. The summed E-state index contributed by atoms with van der Waals surface area (Å²) >= 11 is 0. The third-order valence-electron chi connectivity index (χ3n) is 5.06. The van der Waals surface area contributed by atoms with Gasteiger partial charge in [0.2, 0.25) is 0 Å². The number of hydrogen-bond acceptors (Lipinski definition) is 2. The topological polar surface area (TPSA) is 29.5 Å². The fourth-order valence-electron chi connectivity index (χ4n) is 3.96. The summed E-state index contributed by atoms with van der Waals surface area (Å²) in [7, 11) is 0. The van der Waals surface area contributed by atoms with E-state index < -0.39 is 0 Å². The number of carbonyl (C=O) groups is 1. The Morgan fingerprint density at radius 1 is 1.35 bits per heavy atom. The molecule has 4 atom stereocenters. The lowest BCUT2D eigenvalue weighted by atomic mass is 9.81. The number of rotatable bonds is 2. The third kappa shape index (κ3) is 1.96. The monoisotopic (exact) mass is 237 g/mol. The summed E-state index contributed by atoms with van der Waals surface area (Å²) in [6, 6.07) is 0. The van der Waals surface area contributed by atoms with Crippen LogP contribution in [0.15, 0.2) is 12.8 Å². The molecule has 1 amide bonds. The Hall–Kier alpha value is -0.990. The summed E-state index contributed by atoms with van der Waals surface area (Å²) in [6.45, 7) is 12.1. The van der Waals surface area contributed by atoms with Crippen LogP contribution in [-0.4, -0.2) is 24.1 Å². The Bertz CT molecular complexity index is 297. The van der Waals surface area contributed by atoms with Crippen LogP contribution >= 0.6 is 0 Å². The Morgan fingerprint density at radius 3 is 2.29 bits per heavy atom. The van der Waals surface area contributed by atoms with Gasteiger partial charge in [0.15, 0.2) is 0 Å². The zero-order valence-corrected chi connectivity index (χ0v) is 11.1. The molecule has 4 unspecified atom stereocenters. The Labute approximate surface area is 104 Å². The molecule has 2 fully saturated rings. The van der Waals surface area contributed by atoms with Gasteiger partial charge in [-0.2, -0.15) is 0 Å². The van der Waals surface area contributed by atoms with Crippen molar-refractivity contribution in [2.75, 3.05) is 13.1 Å². The highest BCUT2D eigenvalue weighted by Gasteiger charge is 2.50. The largest absolute Gasteiger partial charge is 0.419 e. The molecule has 0 aromatic heterocycles. The fourth-order valence-corrected chi connectivity index (χ4v) is 3.96. The van der Waals surface area contributed by atoms with Crippen molar-refractivity contribution in [1.82, 2.24) is 4.90 Å². The second-order valence-corrected chi connectivity index (χ2v) is 5.57. The second kappa shape index (κ2) is 4.71. The molecule has 1 aliphatic carbocycles. The van der Waals surface area contributed by atoms with Crippen molar-refractivity contribution in [3.8, 4) is 0 Å². The van der Waals surface area contributed by atoms with Gasteiger partial charge in [-0.3, -0.25) is 0 Å². The van der Waals surface area contributed by atoms with Crippen LogP contribution in [0.25, 0.3) is 0 Å². The minimum absolute atomic E-state index is 0.231. The number of amides is 1. The summed E-state index contributed by atoms with van der Waals surface area (Å²) in [5, 5.41) is 0. The van der Waals surface area contributed by atoms with Gasteiger partial charge in [-0.25, -0.2) is 4.79 Å². The number of fused-ring (bicyclic) bond motifs is 2. The first-order valence-electron chi connectivity index (χ1n) is 6.66. The first kappa shape index (κ1) is 12.5. The normalized spacial score (nSPS) is 40.2. The van der Waals surface area contributed by atoms with Crippen molar-refractivity contribution in [3.63, 3.8) is 0 Å². The van der Waals surface area contributed by atoms with Crippen molar-refractivity contribution in [1.29, 1.82) is 0 Å². The maximum atomic E-state index is 11.8. The first-order valence-corrected chi connectivity index (χ1v) is 6.66. The third-order valence-corrected chi connectivity index (χ3v) is 5.06. The molecule has 1 saturated carbocycles. The van der Waals surface area contributed by atoms with Crippen LogP contribution in [0.4, 0.5) is 4.79 Å². The zero-order valence-electron chi connectivity index (χ0n) is 11.1. The molecule has 0 aromatic carbocycles. The van der Waals surface area contributed by atoms with E-state index in [9.17, 15) is 4.79 Å². The molecule has 0 aromatic rings. The SMILES string of the molecule is C=COC(=O)N1CC2C(C)C(C)C(C1)C2CC. The van der Waals surface area contributed by atoms with Crippen LogP contribution in [0.2, 0.25) is 0 Å². The van der Waals surface area contributed by atoms with E-state index in [4.69, 9.17) is 4.74 Å². The van der Waals surface area contributed by atoms with E-state index in [2.05, 4.69) is 27.4 Å². The highest BCUT2D eigenvalue weighted by Crippen LogP contribution is 2.50. The molecule has 3 nitrogen and oxygen atoms in total. The average Bonchev–Trinajstić information content (AvgIpc) is 2.47. The van der Waals surface area contributed by atoms with Crippen LogP contribution in [0.5, 0.6) is 0 Å². The summed E-state index contributed by atoms with van der Waals surface area (Å²) in [4.78, 5) is 13.6. The molecule has 0 N–H and O–H groups in total. The lowest BCUT2D eigenvalue weighted by Gasteiger charge is -2.37. The number of piperidine rings is 1. The van der Waals surface area contributed by atoms with E-state index in [1.807, 2.05) is 4.90 Å². The second-order valence-electron chi connectivity index (χ2n) is 5.57. The molecule has 0 spiro atoms. The molecule has 3 heteroatoms. The van der Waals surface area contributed by atoms with E-state index in [1.165, 1.54) is 12.7 Å². The molecule has 1 heterocycles. The van der Waals surface area contributed by atoms with Gasteiger partial charge in [-0.15, -0.1) is 0 Å². The average molecular weight is 237 g/mol. The van der Waals surface area contributed by atoms with E-state index in [1.54, 1.807) is 0 Å². The van der Waals surface area contributed by atoms with Crippen LogP contribution in [0.1, 0.15) is 27.2 Å². The molecule has 2 bridgehead atoms. The van der Waals surface area contributed by atoms with Crippen LogP contribution < -0.4 is 0 Å². The molecular formula is C14H23NO2. The van der Waals surface area contributed by atoms with Gasteiger partial charge in [-0.05, 0) is 29.6 Å². The molecule has 2 rings (SSSR count). The minimum atomic E-state index is -0.231. The quantitative estimate of drug-likeness (QED) is 0.691. The van der Waals surface area contributed by atoms with E-state index in [0.29, 0.717) is 23.7 Å². The van der Waals surface area contributed by atoms with Gasteiger partial charge in [0.05, 0.1) is 6.26 Å². The lowest BCUT2D eigenvalue weighted by molar-refractivity contribution is 0.0779. The predicted molar refractivity (Wildman–Crippen MR) is 67.3 cm³/mol. The number of ether oxygens (including phenoxy) is 1. The van der Waals surface area contributed by atoms with Crippen molar-refractivity contribution in [2.24, 2.45) is 29.6 Å². The van der Waals surface area contributed by atoms with Gasteiger partial charge < -0.3 is 9.64 Å². The molecule has 2 aliphatic rings. The maximum absolute atomic E-state index is 11.8. The van der Waals surface area contributed by atoms with Crippen molar-refractivity contribution < 1.29 is 9.53 Å². The summed E-state index contributed by atoms with van der Waals surface area (Å²) in [6.07, 6.45) is 2.23. The Balaban J connectivity index is 2.12. The standard InChI is InChI=1S/C14H23NO2/c1-5-11-12-7-15(14(16)17-6-2)8-13(11)10(4)9(12)3/h6,9-13H,2,5,7-8H2,1,3-4H3. The fraction of sp³-hybridized carbons (Fsp3) is 0.786. The minimum Gasteiger partial charge on any atom is -0.419 e. The first-order chi connectivity index (χ1) is 8.10. The number of nitrogens with zero attached hydrogens (tertiary/aromatic N) is 1.